The van der Waals surface area contributed by atoms with Crippen molar-refractivity contribution in [1.29, 1.82) is 0 Å². The van der Waals surface area contributed by atoms with Gasteiger partial charge in [-0.2, -0.15) is 0 Å². The van der Waals surface area contributed by atoms with Crippen LogP contribution in [0.15, 0.2) is 0 Å². The minimum absolute atomic E-state index is 0.265. The summed E-state index contributed by atoms with van der Waals surface area (Å²) in [5, 5.41) is 30.2. The predicted octanol–water partition coefficient (Wildman–Crippen LogP) is -2.43. The molecule has 0 heterocycles. The van der Waals surface area contributed by atoms with Crippen LogP contribution in [-0.2, 0) is 33.6 Å². The average molecular weight is 516 g/mol. The minimum atomic E-state index is -1.45. The van der Waals surface area contributed by atoms with E-state index in [0.29, 0.717) is 6.42 Å². The van der Waals surface area contributed by atoms with Crippen LogP contribution in [0.3, 0.4) is 0 Å². The highest BCUT2D eigenvalue weighted by Gasteiger charge is 2.33. The first kappa shape index (κ1) is 32.5. The quantitative estimate of drug-likeness (QED) is 0.115. The van der Waals surface area contributed by atoms with E-state index in [1.54, 1.807) is 6.92 Å². The molecular formula is C22H37N5O9. The first-order valence-corrected chi connectivity index (χ1v) is 11.5. The number of rotatable bonds is 15. The Morgan fingerprint density at radius 2 is 1.28 bits per heavy atom. The van der Waals surface area contributed by atoms with Crippen molar-refractivity contribution in [3.05, 3.63) is 0 Å². The van der Waals surface area contributed by atoms with Crippen LogP contribution in [0.1, 0.15) is 54.4 Å². The Hall–Kier alpha value is -3.55. The summed E-state index contributed by atoms with van der Waals surface area (Å²) in [4.78, 5) is 83.6. The molecule has 14 nitrogen and oxygen atoms in total. The van der Waals surface area contributed by atoms with Crippen LogP contribution in [0, 0.1) is 5.92 Å². The molecule has 0 aromatic rings. The van der Waals surface area contributed by atoms with Crippen molar-refractivity contribution >= 4 is 41.3 Å². The molecule has 1 unspecified atom stereocenters. The van der Waals surface area contributed by atoms with Crippen LogP contribution in [0.4, 0.5) is 0 Å². The summed E-state index contributed by atoms with van der Waals surface area (Å²) in [5.41, 5.74) is 0. The highest BCUT2D eigenvalue weighted by atomic mass is 16.4. The lowest BCUT2D eigenvalue weighted by Crippen LogP contribution is -2.60. The van der Waals surface area contributed by atoms with E-state index in [0.717, 1.165) is 0 Å². The van der Waals surface area contributed by atoms with Gasteiger partial charge in [0.15, 0.2) is 0 Å². The van der Waals surface area contributed by atoms with Gasteiger partial charge in [-0.05, 0) is 26.7 Å². The number of nitrogens with one attached hydrogen (secondary N) is 5. The molecule has 0 aliphatic heterocycles. The Kier molecular flexibility index (Phi) is 13.9. The first-order chi connectivity index (χ1) is 16.6. The highest BCUT2D eigenvalue weighted by Crippen LogP contribution is 2.09. The molecule has 0 saturated heterocycles. The minimum Gasteiger partial charge on any atom is -0.481 e. The Bertz CT molecular complexity index is 846. The Morgan fingerprint density at radius 3 is 1.75 bits per heavy atom. The lowest BCUT2D eigenvalue weighted by Gasteiger charge is -2.28. The van der Waals surface area contributed by atoms with Gasteiger partial charge in [-0.25, -0.2) is 0 Å². The summed E-state index contributed by atoms with van der Waals surface area (Å²) in [6.07, 6.45) is -1.18. The van der Waals surface area contributed by atoms with Crippen LogP contribution >= 0.6 is 0 Å². The predicted molar refractivity (Wildman–Crippen MR) is 126 cm³/mol. The van der Waals surface area contributed by atoms with Crippen molar-refractivity contribution in [2.75, 3.05) is 6.54 Å². The van der Waals surface area contributed by atoms with E-state index < -0.39 is 71.6 Å². The van der Waals surface area contributed by atoms with Gasteiger partial charge >= 0.3 is 5.97 Å². The number of hydrogen-bond acceptors (Lipinski definition) is 8. The lowest BCUT2D eigenvalue weighted by molar-refractivity contribution is -0.141. The molecule has 14 heteroatoms. The van der Waals surface area contributed by atoms with Crippen molar-refractivity contribution < 1.29 is 43.8 Å². The molecule has 5 amide bonds. The maximum atomic E-state index is 12.7. The molecule has 7 N–H and O–H groups in total. The Labute approximate surface area is 209 Å². The fourth-order valence-electron chi connectivity index (χ4n) is 2.91. The lowest BCUT2D eigenvalue weighted by atomic mass is 9.97. The van der Waals surface area contributed by atoms with Crippen molar-refractivity contribution in [2.45, 2.75) is 84.7 Å². The summed E-state index contributed by atoms with van der Waals surface area (Å²) in [6, 6.07) is -4.90. The molecule has 36 heavy (non-hydrogen) atoms. The van der Waals surface area contributed by atoms with Gasteiger partial charge in [0, 0.05) is 13.5 Å². The molecule has 0 spiro atoms. The Balaban J connectivity index is 5.12. The van der Waals surface area contributed by atoms with E-state index in [1.807, 2.05) is 6.92 Å². The van der Waals surface area contributed by atoms with Crippen molar-refractivity contribution in [2.24, 2.45) is 5.92 Å². The molecular weight excluding hydrogens is 478 g/mol. The van der Waals surface area contributed by atoms with Gasteiger partial charge in [-0.3, -0.25) is 33.6 Å². The molecule has 0 rings (SSSR count). The van der Waals surface area contributed by atoms with Gasteiger partial charge in [-0.1, -0.05) is 20.3 Å². The largest absolute Gasteiger partial charge is 0.481 e. The molecule has 0 radical (unpaired) electrons. The van der Waals surface area contributed by atoms with E-state index >= 15 is 0 Å². The van der Waals surface area contributed by atoms with Crippen LogP contribution in [0.25, 0.3) is 0 Å². The normalized spacial score (nSPS) is 15.6. The van der Waals surface area contributed by atoms with E-state index in [-0.39, 0.29) is 18.9 Å². The topological polar surface area (TPSA) is 220 Å². The smallest absolute Gasteiger partial charge is 0.305 e. The van der Waals surface area contributed by atoms with Gasteiger partial charge in [0.25, 0.3) is 5.91 Å². The van der Waals surface area contributed by atoms with Crippen molar-refractivity contribution in [1.82, 2.24) is 26.6 Å². The zero-order valence-corrected chi connectivity index (χ0v) is 21.3. The molecule has 204 valence electrons. The van der Waals surface area contributed by atoms with Crippen molar-refractivity contribution in [3.63, 3.8) is 0 Å². The van der Waals surface area contributed by atoms with Gasteiger partial charge in [-0.15, -0.1) is 0 Å². The van der Waals surface area contributed by atoms with Crippen molar-refractivity contribution in [3.8, 4) is 0 Å². The number of aliphatic carboxylic acids is 1. The van der Waals surface area contributed by atoms with Gasteiger partial charge in [0.1, 0.15) is 18.1 Å². The number of amides is 5. The van der Waals surface area contributed by atoms with E-state index in [1.165, 1.54) is 27.7 Å². The third-order valence-electron chi connectivity index (χ3n) is 5.27. The highest BCUT2D eigenvalue weighted by molar-refractivity contribution is 6.38. The summed E-state index contributed by atoms with van der Waals surface area (Å²) < 4.78 is 0. The monoisotopic (exact) mass is 515 g/mol. The molecule has 0 bridgehead atoms. The number of aliphatic hydroxyl groups excluding tert-OH is 1. The number of carboxylic acids is 1. The molecule has 0 aromatic heterocycles. The second kappa shape index (κ2) is 15.4. The molecule has 0 saturated carbocycles. The fraction of sp³-hybridized carbons (Fsp3) is 0.682. The van der Waals surface area contributed by atoms with Gasteiger partial charge in [0.05, 0.1) is 18.6 Å². The average Bonchev–Trinajstić information content (AvgIpc) is 2.78. The Morgan fingerprint density at radius 1 is 0.750 bits per heavy atom. The first-order valence-electron chi connectivity index (χ1n) is 11.5. The fourth-order valence-corrected chi connectivity index (χ4v) is 2.91. The summed E-state index contributed by atoms with van der Waals surface area (Å²) >= 11 is 0. The summed E-state index contributed by atoms with van der Waals surface area (Å²) in [6.45, 7) is 8.32. The van der Waals surface area contributed by atoms with E-state index in [9.17, 15) is 38.7 Å². The van der Waals surface area contributed by atoms with E-state index in [2.05, 4.69) is 26.6 Å². The standard InChI is InChI=1S/C22H37N5O9/c1-7-10(2)16(26-14(6)29)20(34)27-17(13(5)28)21(35)25-12(4)19(33)24-11(3)18(32)22(36)23-9-8-15(30)31/h10-13,16-17,28H,7-9H2,1-6H3,(H,23,36)(H,24,33)(H,25,35)(H,26,29)(H,27,34)(H,30,31)/t10-,11?,12+,13-,16+,17+/m1/s1. The van der Waals surface area contributed by atoms with E-state index in [4.69, 9.17) is 5.11 Å². The number of carboxylic acid groups (broad SMARTS) is 1. The third-order valence-corrected chi connectivity index (χ3v) is 5.27. The zero-order valence-electron chi connectivity index (χ0n) is 21.3. The molecule has 0 aliphatic rings. The van der Waals surface area contributed by atoms with Crippen LogP contribution < -0.4 is 26.6 Å². The van der Waals surface area contributed by atoms with Gasteiger partial charge < -0.3 is 36.8 Å². The third kappa shape index (κ3) is 11.3. The number of carbonyl (C=O) groups excluding carboxylic acids is 6. The number of carbonyl (C=O) groups is 7. The summed E-state index contributed by atoms with van der Waals surface area (Å²) in [7, 11) is 0. The molecule has 0 fully saturated rings. The van der Waals surface area contributed by atoms with Crippen LogP contribution in [0.5, 0.6) is 0 Å². The maximum absolute atomic E-state index is 12.7. The number of hydrogen-bond donors (Lipinski definition) is 7. The number of Topliss-reactive ketones (excluding diaryl/α,β-unsaturated/α-hetero) is 1. The number of aliphatic hydroxyl groups is 1. The molecule has 0 aromatic carbocycles. The number of ketones is 1. The summed E-state index contributed by atoms with van der Waals surface area (Å²) in [5.74, 6) is -6.37. The van der Waals surface area contributed by atoms with Gasteiger partial charge in [0.2, 0.25) is 29.4 Å². The molecule has 0 aliphatic carbocycles. The van der Waals surface area contributed by atoms with Crippen LogP contribution in [0.2, 0.25) is 0 Å². The van der Waals surface area contributed by atoms with Crippen LogP contribution in [-0.4, -0.2) is 88.3 Å². The second-order valence-electron chi connectivity index (χ2n) is 8.52. The maximum Gasteiger partial charge on any atom is 0.305 e. The second-order valence-corrected chi connectivity index (χ2v) is 8.52. The molecule has 6 atom stereocenters. The zero-order chi connectivity index (χ0) is 28.2. The SMILES string of the molecule is CC[C@@H](C)[C@H](NC(C)=O)C(=O)N[C@H](C(=O)N[C@@H](C)C(=O)NC(C)C(=O)C(=O)NCCC(=O)O)[C@@H](C)O.